The number of aromatic nitrogens is 1. The van der Waals surface area contributed by atoms with E-state index in [1.165, 1.54) is 29.2 Å². The summed E-state index contributed by atoms with van der Waals surface area (Å²) in [4.78, 5) is 37.0. The van der Waals surface area contributed by atoms with E-state index >= 15 is 4.39 Å². The van der Waals surface area contributed by atoms with Crippen molar-refractivity contribution in [1.82, 2.24) is 20.1 Å². The third kappa shape index (κ3) is 5.32. The van der Waals surface area contributed by atoms with Crippen LogP contribution in [0, 0.1) is 17.1 Å². The van der Waals surface area contributed by atoms with Crippen molar-refractivity contribution in [2.75, 3.05) is 56.1 Å². The van der Waals surface area contributed by atoms with Gasteiger partial charge >= 0.3 is 6.18 Å². The van der Waals surface area contributed by atoms with Crippen molar-refractivity contribution in [2.45, 2.75) is 37.4 Å². The number of carbonyl (C=O) groups is 2. The molecule has 1 N–H and O–H groups in total. The van der Waals surface area contributed by atoms with E-state index in [1.807, 2.05) is 0 Å². The minimum Gasteiger partial charge on any atom is -0.352 e. The van der Waals surface area contributed by atoms with E-state index in [0.29, 0.717) is 38.3 Å². The number of hydrogen-bond donors (Lipinski definition) is 1. The zero-order valence-electron chi connectivity index (χ0n) is 22.9. The fourth-order valence-electron chi connectivity index (χ4n) is 5.60. The first kappa shape index (κ1) is 29.8. The third-order valence-electron chi connectivity index (χ3n) is 8.13. The number of hydrogen-bond acceptors (Lipinski definition) is 7. The quantitative estimate of drug-likeness (QED) is 0.292. The molecule has 1 aromatic carbocycles. The van der Waals surface area contributed by atoms with Gasteiger partial charge in [-0.05, 0) is 69.7 Å². The smallest absolute Gasteiger partial charge is 0.352 e. The molecule has 3 fully saturated rings. The number of thiocarbonyl (C=S) groups is 1. The molecule has 0 bridgehead atoms. The van der Waals surface area contributed by atoms with Gasteiger partial charge in [-0.15, -0.1) is 0 Å². The van der Waals surface area contributed by atoms with Crippen LogP contribution >= 0.6 is 12.2 Å². The van der Waals surface area contributed by atoms with Gasteiger partial charge in [0.05, 0.1) is 28.7 Å². The Kier molecular flexibility index (Phi) is 8.19. The van der Waals surface area contributed by atoms with Crippen LogP contribution in [0.4, 0.5) is 28.9 Å². The molecule has 9 nitrogen and oxygen atoms in total. The predicted molar refractivity (Wildman–Crippen MR) is 150 cm³/mol. The zero-order valence-corrected chi connectivity index (χ0v) is 23.7. The summed E-state index contributed by atoms with van der Waals surface area (Å²) in [6.45, 7) is 5.01. The lowest BCUT2D eigenvalue weighted by Gasteiger charge is -2.43. The van der Waals surface area contributed by atoms with Crippen LogP contribution in [0.3, 0.4) is 0 Å². The number of piperazine rings is 1. The molecule has 42 heavy (non-hydrogen) atoms. The molecule has 1 aromatic heterocycles. The second-order valence-electron chi connectivity index (χ2n) is 10.7. The number of rotatable bonds is 7. The van der Waals surface area contributed by atoms with Gasteiger partial charge in [-0.1, -0.05) is 6.07 Å². The Bertz CT molecular complexity index is 1450. The average molecular weight is 604 g/mol. The van der Waals surface area contributed by atoms with E-state index in [9.17, 15) is 22.8 Å². The lowest BCUT2D eigenvalue weighted by Crippen LogP contribution is -2.55. The third-order valence-corrected chi connectivity index (χ3v) is 8.50. The monoisotopic (exact) mass is 603 g/mol. The molecule has 0 radical (unpaired) electrons. The van der Waals surface area contributed by atoms with Crippen molar-refractivity contribution >= 4 is 40.5 Å². The number of halogens is 4. The van der Waals surface area contributed by atoms with Crippen LogP contribution in [0.5, 0.6) is 0 Å². The van der Waals surface area contributed by atoms with Crippen molar-refractivity contribution in [2.24, 2.45) is 0 Å². The highest BCUT2D eigenvalue weighted by Gasteiger charge is 2.60. The Morgan fingerprint density at radius 3 is 2.55 bits per heavy atom. The summed E-state index contributed by atoms with van der Waals surface area (Å²) in [6, 6.07) is 6.25. The Morgan fingerprint density at radius 1 is 1.21 bits per heavy atom. The van der Waals surface area contributed by atoms with Gasteiger partial charge in [0.2, 0.25) is 0 Å². The normalized spacial score (nSPS) is 19.2. The molecular weight excluding hydrogens is 574 g/mol. The molecule has 2 aromatic rings. The first-order valence-electron chi connectivity index (χ1n) is 13.6. The van der Waals surface area contributed by atoms with Crippen molar-refractivity contribution in [3.05, 3.63) is 53.1 Å². The highest BCUT2D eigenvalue weighted by molar-refractivity contribution is 7.81. The molecule has 3 aliphatic rings. The summed E-state index contributed by atoms with van der Waals surface area (Å²) in [6.07, 6.45) is -2.03. The minimum absolute atomic E-state index is 0.113. The van der Waals surface area contributed by atoms with E-state index in [-0.39, 0.29) is 22.1 Å². The Balaban J connectivity index is 1.37. The largest absolute Gasteiger partial charge is 0.419 e. The van der Waals surface area contributed by atoms with Crippen LogP contribution in [0.1, 0.15) is 47.3 Å². The summed E-state index contributed by atoms with van der Waals surface area (Å²) in [5.41, 5.74) is -4.07. The molecule has 1 saturated carbocycles. The maximum absolute atomic E-state index is 16.0. The van der Waals surface area contributed by atoms with Gasteiger partial charge in [0.1, 0.15) is 11.6 Å². The van der Waals surface area contributed by atoms with E-state index in [0.717, 1.165) is 43.8 Å². The number of nitrogens with zero attached hydrogens (tertiary/aromatic N) is 6. The highest BCUT2D eigenvalue weighted by Crippen LogP contribution is 2.49. The SMILES string of the molecule is CN1CCN(CCCNC(=O)c2cccc(N3C(=S)N(c4cnc(C#N)c(C(F)(F)F)c4)C(=O)C34CCC4)c2F)CC1. The first-order valence-corrected chi connectivity index (χ1v) is 14.0. The lowest BCUT2D eigenvalue weighted by atomic mass is 9.75. The number of amides is 2. The molecule has 1 spiro atoms. The predicted octanol–water partition coefficient (Wildman–Crippen LogP) is 3.54. The van der Waals surface area contributed by atoms with Crippen LogP contribution in [-0.2, 0) is 11.0 Å². The fraction of sp³-hybridized carbons (Fsp3) is 0.464. The molecule has 2 aliphatic heterocycles. The first-order chi connectivity index (χ1) is 20.0. The van der Waals surface area contributed by atoms with Gasteiger partial charge in [0, 0.05) is 32.7 Å². The molecule has 222 valence electrons. The molecule has 1 aliphatic carbocycles. The summed E-state index contributed by atoms with van der Waals surface area (Å²) in [5.74, 6) is -2.11. The van der Waals surface area contributed by atoms with E-state index in [4.69, 9.17) is 17.5 Å². The van der Waals surface area contributed by atoms with E-state index < -0.39 is 40.6 Å². The maximum Gasteiger partial charge on any atom is 0.419 e. The molecular formula is C28H29F4N7O2S. The maximum atomic E-state index is 16.0. The standard InChI is InChI=1S/C28H29F4N7O2S/c1-36-11-13-37(14-12-36)10-4-9-34-24(40)19-5-2-6-22(23(19)29)39-26(42)38(25(41)27(39)7-3-8-27)18-15-20(28(30,31)32)21(16-33)35-17-18/h2,5-6,15,17H,3-4,7-14H2,1H3,(H,34,40). The molecule has 14 heteroatoms. The molecule has 5 rings (SSSR count). The summed E-state index contributed by atoms with van der Waals surface area (Å²) in [7, 11) is 2.07. The number of anilines is 2. The van der Waals surface area contributed by atoms with Crippen LogP contribution in [-0.4, -0.2) is 83.6 Å². The van der Waals surface area contributed by atoms with Crippen molar-refractivity contribution in [1.29, 1.82) is 5.26 Å². The van der Waals surface area contributed by atoms with Crippen molar-refractivity contribution < 1.29 is 27.2 Å². The van der Waals surface area contributed by atoms with Gasteiger partial charge in [-0.3, -0.25) is 14.5 Å². The van der Waals surface area contributed by atoms with E-state index in [1.54, 1.807) is 0 Å². The van der Waals surface area contributed by atoms with Crippen LogP contribution in [0.25, 0.3) is 0 Å². The highest BCUT2D eigenvalue weighted by atomic mass is 32.1. The molecule has 3 heterocycles. The van der Waals surface area contributed by atoms with Crippen LogP contribution in [0.15, 0.2) is 30.5 Å². The molecule has 0 atom stereocenters. The van der Waals surface area contributed by atoms with Crippen LogP contribution < -0.4 is 15.1 Å². The number of likely N-dealkylation sites (N-methyl/N-ethyl adjacent to an activating group) is 1. The Hall–Kier alpha value is -3.67. The van der Waals surface area contributed by atoms with Gasteiger partial charge in [0.15, 0.2) is 16.6 Å². The summed E-state index contributed by atoms with van der Waals surface area (Å²) >= 11 is 5.56. The van der Waals surface area contributed by atoms with Gasteiger partial charge in [0.25, 0.3) is 11.8 Å². The number of nitrogens with one attached hydrogen (secondary N) is 1. The molecule has 2 amide bonds. The van der Waals surface area contributed by atoms with Crippen molar-refractivity contribution in [3.8, 4) is 6.07 Å². The number of alkyl halides is 3. The lowest BCUT2D eigenvalue weighted by molar-refractivity contribution is -0.138. The second kappa shape index (κ2) is 11.5. The topological polar surface area (TPSA) is 95.8 Å². The zero-order chi connectivity index (χ0) is 30.2. The van der Waals surface area contributed by atoms with Gasteiger partial charge in [-0.25, -0.2) is 9.37 Å². The Morgan fingerprint density at radius 2 is 1.93 bits per heavy atom. The van der Waals surface area contributed by atoms with Gasteiger partial charge < -0.3 is 20.0 Å². The van der Waals surface area contributed by atoms with Crippen LogP contribution in [0.2, 0.25) is 0 Å². The summed E-state index contributed by atoms with van der Waals surface area (Å²) < 4.78 is 56.9. The molecule has 2 saturated heterocycles. The second-order valence-corrected chi connectivity index (χ2v) is 11.1. The Labute approximate surface area is 245 Å². The molecule has 0 unspecified atom stereocenters. The average Bonchev–Trinajstić information content (AvgIpc) is 3.17. The number of benzene rings is 1. The minimum atomic E-state index is -4.90. The number of carbonyl (C=O) groups excluding carboxylic acids is 2. The number of nitriles is 1. The van der Waals surface area contributed by atoms with Crippen molar-refractivity contribution in [3.63, 3.8) is 0 Å². The number of pyridine rings is 1. The fourth-order valence-corrected chi connectivity index (χ4v) is 6.07. The van der Waals surface area contributed by atoms with Gasteiger partial charge in [-0.2, -0.15) is 18.4 Å². The van der Waals surface area contributed by atoms with E-state index in [2.05, 4.69) is 27.1 Å². The summed E-state index contributed by atoms with van der Waals surface area (Å²) in [5, 5.41) is 11.6.